The summed E-state index contributed by atoms with van der Waals surface area (Å²) in [6, 6.07) is 10.0. The van der Waals surface area contributed by atoms with Crippen molar-refractivity contribution >= 4 is 23.6 Å². The van der Waals surface area contributed by atoms with E-state index >= 15 is 0 Å². The first-order valence-corrected chi connectivity index (χ1v) is 6.46. The zero-order valence-electron chi connectivity index (χ0n) is 9.55. The Kier molecular flexibility index (Phi) is 3.68. The molecule has 90 valence electrons. The normalized spacial score (nSPS) is 18.8. The number of thioether (sulfide) groups is 1. The van der Waals surface area contributed by atoms with Crippen LogP contribution in [0.5, 0.6) is 0 Å². The van der Waals surface area contributed by atoms with Gasteiger partial charge in [-0.05, 0) is 5.56 Å². The number of β-lactam (4-membered cyclic amide) rings is 1. The fourth-order valence-electron chi connectivity index (χ4n) is 1.58. The van der Waals surface area contributed by atoms with Gasteiger partial charge in [-0.1, -0.05) is 30.3 Å². The van der Waals surface area contributed by atoms with E-state index in [0.717, 1.165) is 5.75 Å². The van der Waals surface area contributed by atoms with Crippen molar-refractivity contribution in [1.29, 1.82) is 0 Å². The van der Waals surface area contributed by atoms with Crippen LogP contribution in [-0.2, 0) is 15.3 Å². The van der Waals surface area contributed by atoms with Gasteiger partial charge in [-0.15, -0.1) is 11.8 Å². The average Bonchev–Trinajstić information content (AvgIpc) is 2.33. The molecule has 0 radical (unpaired) electrons. The van der Waals surface area contributed by atoms with Crippen LogP contribution in [0.4, 0.5) is 0 Å². The summed E-state index contributed by atoms with van der Waals surface area (Å²) < 4.78 is 0. The van der Waals surface area contributed by atoms with Crippen molar-refractivity contribution in [2.45, 2.75) is 17.9 Å². The molecule has 1 aromatic rings. The summed E-state index contributed by atoms with van der Waals surface area (Å²) in [5.41, 5.74) is 3.70. The summed E-state index contributed by atoms with van der Waals surface area (Å²) in [7, 11) is 0. The first kappa shape index (κ1) is 12.0. The molecule has 4 nitrogen and oxygen atoms in total. The van der Waals surface area contributed by atoms with Crippen LogP contribution in [-0.4, -0.2) is 28.6 Å². The Morgan fingerprint density at radius 1 is 1.47 bits per heavy atom. The molecular weight excluding hydrogens is 236 g/mol. The van der Waals surface area contributed by atoms with E-state index in [0.29, 0.717) is 6.54 Å². The minimum absolute atomic E-state index is 0.0128. The van der Waals surface area contributed by atoms with Crippen molar-refractivity contribution in [3.63, 3.8) is 0 Å². The highest BCUT2D eigenvalue weighted by atomic mass is 32.2. The van der Waals surface area contributed by atoms with Crippen molar-refractivity contribution in [2.24, 2.45) is 0 Å². The number of hydrogen-bond acceptors (Lipinski definition) is 3. The summed E-state index contributed by atoms with van der Waals surface area (Å²) in [6.07, 6.45) is 0. The van der Waals surface area contributed by atoms with Crippen LogP contribution >= 0.6 is 11.8 Å². The number of nitrogens with one attached hydrogen (secondary N) is 1. The maximum absolute atomic E-state index is 11.6. The van der Waals surface area contributed by atoms with Gasteiger partial charge in [-0.3, -0.25) is 20.0 Å². The Morgan fingerprint density at radius 2 is 2.18 bits per heavy atom. The maximum Gasteiger partial charge on any atom is 0.256 e. The number of hydrazine groups is 1. The van der Waals surface area contributed by atoms with E-state index < -0.39 is 0 Å². The SMILES string of the molecule is CC(=O)NN1CC(SCc2ccccc2)C1=O. The van der Waals surface area contributed by atoms with Crippen LogP contribution in [0.25, 0.3) is 0 Å². The Balaban J connectivity index is 1.76. The highest BCUT2D eigenvalue weighted by Crippen LogP contribution is 2.25. The number of amides is 2. The molecule has 1 atom stereocenters. The second-order valence-corrected chi connectivity index (χ2v) is 5.09. The number of rotatable bonds is 4. The van der Waals surface area contributed by atoms with Gasteiger partial charge in [0.2, 0.25) is 5.91 Å². The van der Waals surface area contributed by atoms with E-state index in [1.165, 1.54) is 17.5 Å². The molecule has 1 unspecified atom stereocenters. The number of carbonyl (C=O) groups excluding carboxylic acids is 2. The third-order valence-electron chi connectivity index (χ3n) is 2.48. The third kappa shape index (κ3) is 3.00. The van der Waals surface area contributed by atoms with Gasteiger partial charge in [0.25, 0.3) is 5.91 Å². The minimum atomic E-state index is -0.204. The standard InChI is InChI=1S/C12H14N2O2S/c1-9(15)13-14-7-11(12(14)16)17-8-10-5-3-2-4-6-10/h2-6,11H,7-8H2,1H3,(H,13,15). The van der Waals surface area contributed by atoms with Crippen molar-refractivity contribution in [3.05, 3.63) is 35.9 Å². The van der Waals surface area contributed by atoms with Gasteiger partial charge >= 0.3 is 0 Å². The van der Waals surface area contributed by atoms with Crippen molar-refractivity contribution in [1.82, 2.24) is 10.4 Å². The van der Waals surface area contributed by atoms with Gasteiger partial charge in [0, 0.05) is 12.7 Å². The minimum Gasteiger partial charge on any atom is -0.274 e. The molecule has 2 rings (SSSR count). The molecule has 1 aromatic carbocycles. The van der Waals surface area contributed by atoms with Gasteiger partial charge in [-0.2, -0.15) is 0 Å². The van der Waals surface area contributed by atoms with E-state index in [1.807, 2.05) is 30.3 Å². The molecule has 2 amide bonds. The lowest BCUT2D eigenvalue weighted by molar-refractivity contribution is -0.148. The molecule has 1 fully saturated rings. The van der Waals surface area contributed by atoms with E-state index in [9.17, 15) is 9.59 Å². The Labute approximate surface area is 104 Å². The van der Waals surface area contributed by atoms with E-state index in [1.54, 1.807) is 11.8 Å². The second kappa shape index (κ2) is 5.23. The summed E-state index contributed by atoms with van der Waals surface area (Å²) in [6.45, 7) is 1.99. The molecule has 0 aromatic heterocycles. The Bertz CT molecular complexity index is 422. The van der Waals surface area contributed by atoms with Crippen molar-refractivity contribution < 1.29 is 9.59 Å². The monoisotopic (exact) mass is 250 g/mol. The highest BCUT2D eigenvalue weighted by Gasteiger charge is 2.37. The molecular formula is C12H14N2O2S. The van der Waals surface area contributed by atoms with Crippen LogP contribution in [0.3, 0.4) is 0 Å². The molecule has 0 spiro atoms. The lowest BCUT2D eigenvalue weighted by atomic mass is 10.2. The first-order chi connectivity index (χ1) is 8.16. The molecule has 1 saturated heterocycles. The smallest absolute Gasteiger partial charge is 0.256 e. The van der Waals surface area contributed by atoms with Gasteiger partial charge < -0.3 is 0 Å². The largest absolute Gasteiger partial charge is 0.274 e. The fourth-order valence-corrected chi connectivity index (χ4v) is 2.69. The number of benzene rings is 1. The van der Waals surface area contributed by atoms with Crippen molar-refractivity contribution in [3.8, 4) is 0 Å². The lowest BCUT2D eigenvalue weighted by Crippen LogP contribution is -2.61. The number of nitrogens with zero attached hydrogens (tertiary/aromatic N) is 1. The van der Waals surface area contributed by atoms with Gasteiger partial charge in [0.1, 0.15) is 5.25 Å². The summed E-state index contributed by atoms with van der Waals surface area (Å²) in [4.78, 5) is 22.4. The molecule has 5 heteroatoms. The van der Waals surface area contributed by atoms with E-state index in [4.69, 9.17) is 0 Å². The zero-order valence-corrected chi connectivity index (χ0v) is 10.4. The van der Waals surface area contributed by atoms with Crippen LogP contribution in [0.1, 0.15) is 12.5 Å². The molecule has 0 bridgehead atoms. The van der Waals surface area contributed by atoms with Crippen molar-refractivity contribution in [2.75, 3.05) is 6.54 Å². The predicted octanol–water partition coefficient (Wildman–Crippen LogP) is 1.18. The number of hydrogen-bond donors (Lipinski definition) is 1. The summed E-state index contributed by atoms with van der Waals surface area (Å²) in [5, 5.41) is 1.34. The molecule has 1 aliphatic rings. The number of carbonyl (C=O) groups is 2. The lowest BCUT2D eigenvalue weighted by Gasteiger charge is -2.37. The first-order valence-electron chi connectivity index (χ1n) is 5.41. The molecule has 0 aliphatic carbocycles. The van der Waals surface area contributed by atoms with E-state index in [2.05, 4.69) is 5.43 Å². The molecule has 0 saturated carbocycles. The van der Waals surface area contributed by atoms with Crippen LogP contribution in [0.2, 0.25) is 0 Å². The summed E-state index contributed by atoms with van der Waals surface area (Å²) in [5.74, 6) is 0.608. The predicted molar refractivity (Wildman–Crippen MR) is 67.1 cm³/mol. The fraction of sp³-hybridized carbons (Fsp3) is 0.333. The quantitative estimate of drug-likeness (QED) is 0.816. The highest BCUT2D eigenvalue weighted by molar-refractivity contribution is 8.00. The molecule has 17 heavy (non-hydrogen) atoms. The second-order valence-electron chi connectivity index (χ2n) is 3.90. The van der Waals surface area contributed by atoms with Gasteiger partial charge in [0.05, 0.1) is 6.54 Å². The van der Waals surface area contributed by atoms with E-state index in [-0.39, 0.29) is 17.1 Å². The van der Waals surface area contributed by atoms with Gasteiger partial charge in [0.15, 0.2) is 0 Å². The maximum atomic E-state index is 11.6. The van der Waals surface area contributed by atoms with Crippen LogP contribution in [0, 0.1) is 0 Å². The third-order valence-corrected chi connectivity index (χ3v) is 3.73. The van der Waals surface area contributed by atoms with Gasteiger partial charge in [-0.25, -0.2) is 0 Å². The average molecular weight is 250 g/mol. The van der Waals surface area contributed by atoms with Crippen LogP contribution in [0.15, 0.2) is 30.3 Å². The Hall–Kier alpha value is -1.49. The molecule has 1 aliphatic heterocycles. The zero-order chi connectivity index (χ0) is 12.3. The topological polar surface area (TPSA) is 49.4 Å². The molecule has 1 heterocycles. The molecule has 1 N–H and O–H groups in total. The Morgan fingerprint density at radius 3 is 2.76 bits per heavy atom. The summed E-state index contributed by atoms with van der Waals surface area (Å²) >= 11 is 1.61. The van der Waals surface area contributed by atoms with Crippen LogP contribution < -0.4 is 5.43 Å².